The molecular formula is C6H12FNO. The molecule has 0 heterocycles. The van der Waals surface area contributed by atoms with Gasteiger partial charge in [-0.15, -0.1) is 0 Å². The SMILES string of the molecule is CC(=O)C(C)NCCF. The Kier molecular flexibility index (Phi) is 4.22. The van der Waals surface area contributed by atoms with E-state index in [4.69, 9.17) is 0 Å². The van der Waals surface area contributed by atoms with Gasteiger partial charge in [-0.2, -0.15) is 0 Å². The first-order valence-electron chi connectivity index (χ1n) is 2.98. The minimum absolute atomic E-state index is 0.0449. The van der Waals surface area contributed by atoms with Crippen molar-refractivity contribution >= 4 is 5.78 Å². The predicted molar refractivity (Wildman–Crippen MR) is 34.1 cm³/mol. The molecule has 0 rings (SSSR count). The second-order valence-corrected chi connectivity index (χ2v) is 1.98. The average Bonchev–Trinajstić information content (AvgIpc) is 1.82. The number of halogens is 1. The molecule has 3 heteroatoms. The van der Waals surface area contributed by atoms with Crippen molar-refractivity contribution in [1.29, 1.82) is 0 Å². The van der Waals surface area contributed by atoms with Crippen LogP contribution in [0.5, 0.6) is 0 Å². The lowest BCUT2D eigenvalue weighted by atomic mass is 10.2. The van der Waals surface area contributed by atoms with Crippen molar-refractivity contribution < 1.29 is 9.18 Å². The number of carbonyl (C=O) groups excluding carboxylic acids is 1. The van der Waals surface area contributed by atoms with Gasteiger partial charge in [0.1, 0.15) is 12.5 Å². The van der Waals surface area contributed by atoms with Crippen LogP contribution >= 0.6 is 0 Å². The maximum absolute atomic E-state index is 11.4. The van der Waals surface area contributed by atoms with E-state index >= 15 is 0 Å². The lowest BCUT2D eigenvalue weighted by Gasteiger charge is -2.06. The molecule has 1 unspecified atom stereocenters. The van der Waals surface area contributed by atoms with Crippen LogP contribution in [-0.4, -0.2) is 25.0 Å². The zero-order valence-electron chi connectivity index (χ0n) is 5.78. The van der Waals surface area contributed by atoms with Crippen LogP contribution in [0.25, 0.3) is 0 Å². The molecule has 2 nitrogen and oxygen atoms in total. The molecule has 9 heavy (non-hydrogen) atoms. The van der Waals surface area contributed by atoms with Crippen LogP contribution in [0.1, 0.15) is 13.8 Å². The Morgan fingerprint density at radius 3 is 2.67 bits per heavy atom. The van der Waals surface area contributed by atoms with Crippen LogP contribution < -0.4 is 5.32 Å². The van der Waals surface area contributed by atoms with Gasteiger partial charge >= 0.3 is 0 Å². The number of ketones is 1. The highest BCUT2D eigenvalue weighted by Crippen LogP contribution is 1.81. The molecule has 0 fully saturated rings. The Bertz CT molecular complexity index is 95.1. The molecule has 1 N–H and O–H groups in total. The highest BCUT2D eigenvalue weighted by molar-refractivity contribution is 5.80. The molecule has 0 saturated heterocycles. The monoisotopic (exact) mass is 133 g/mol. The van der Waals surface area contributed by atoms with Crippen molar-refractivity contribution in [2.75, 3.05) is 13.2 Å². The Morgan fingerprint density at radius 1 is 1.78 bits per heavy atom. The molecule has 0 aliphatic heterocycles. The Morgan fingerprint density at radius 2 is 2.33 bits per heavy atom. The maximum atomic E-state index is 11.4. The van der Waals surface area contributed by atoms with Gasteiger partial charge in [-0.3, -0.25) is 4.79 Å². The Hall–Kier alpha value is -0.440. The second kappa shape index (κ2) is 4.44. The summed E-state index contributed by atoms with van der Waals surface area (Å²) < 4.78 is 11.4. The predicted octanol–water partition coefficient (Wildman–Crippen LogP) is 0.523. The van der Waals surface area contributed by atoms with Crippen molar-refractivity contribution in [3.8, 4) is 0 Å². The zero-order valence-corrected chi connectivity index (χ0v) is 5.78. The Balaban J connectivity index is 3.27. The summed E-state index contributed by atoms with van der Waals surface area (Å²) in [5.74, 6) is 0.0449. The molecule has 0 radical (unpaired) electrons. The van der Waals surface area contributed by atoms with Gasteiger partial charge in [0.05, 0.1) is 6.04 Å². The van der Waals surface area contributed by atoms with Crippen molar-refractivity contribution in [1.82, 2.24) is 5.32 Å². The van der Waals surface area contributed by atoms with Gasteiger partial charge in [0, 0.05) is 6.54 Å². The minimum atomic E-state index is -0.419. The minimum Gasteiger partial charge on any atom is -0.305 e. The first-order valence-corrected chi connectivity index (χ1v) is 2.98. The number of hydrogen-bond acceptors (Lipinski definition) is 2. The summed E-state index contributed by atoms with van der Waals surface area (Å²) in [4.78, 5) is 10.5. The number of carbonyl (C=O) groups is 1. The summed E-state index contributed by atoms with van der Waals surface area (Å²) >= 11 is 0. The van der Waals surface area contributed by atoms with Crippen molar-refractivity contribution in [2.24, 2.45) is 0 Å². The highest BCUT2D eigenvalue weighted by atomic mass is 19.1. The van der Waals surface area contributed by atoms with E-state index in [0.29, 0.717) is 0 Å². The molecule has 54 valence electrons. The molecule has 0 amide bonds. The quantitative estimate of drug-likeness (QED) is 0.606. The first-order chi connectivity index (χ1) is 4.18. The van der Waals surface area contributed by atoms with Crippen LogP contribution in [0.15, 0.2) is 0 Å². The summed E-state index contributed by atoms with van der Waals surface area (Å²) in [5, 5.41) is 2.71. The molecule has 1 atom stereocenters. The number of nitrogens with one attached hydrogen (secondary N) is 1. The molecule has 0 aromatic carbocycles. The van der Waals surface area contributed by atoms with Gasteiger partial charge in [-0.25, -0.2) is 4.39 Å². The van der Waals surface area contributed by atoms with E-state index in [1.807, 2.05) is 0 Å². The van der Waals surface area contributed by atoms with Crippen molar-refractivity contribution in [3.63, 3.8) is 0 Å². The number of hydrogen-bond donors (Lipinski definition) is 1. The average molecular weight is 133 g/mol. The van der Waals surface area contributed by atoms with Crippen molar-refractivity contribution in [2.45, 2.75) is 19.9 Å². The maximum Gasteiger partial charge on any atom is 0.146 e. The fraction of sp³-hybridized carbons (Fsp3) is 0.833. The van der Waals surface area contributed by atoms with E-state index < -0.39 is 6.67 Å². The zero-order chi connectivity index (χ0) is 7.28. The lowest BCUT2D eigenvalue weighted by Crippen LogP contribution is -2.33. The highest BCUT2D eigenvalue weighted by Gasteiger charge is 2.03. The van der Waals surface area contributed by atoms with Gasteiger partial charge < -0.3 is 5.32 Å². The molecular weight excluding hydrogens is 121 g/mol. The number of alkyl halides is 1. The van der Waals surface area contributed by atoms with Crippen LogP contribution in [-0.2, 0) is 4.79 Å². The largest absolute Gasteiger partial charge is 0.305 e. The van der Waals surface area contributed by atoms with E-state index in [1.54, 1.807) is 6.92 Å². The van der Waals surface area contributed by atoms with Crippen LogP contribution in [0.4, 0.5) is 4.39 Å². The summed E-state index contributed by atoms with van der Waals surface area (Å²) in [6, 6.07) is -0.208. The second-order valence-electron chi connectivity index (χ2n) is 1.98. The van der Waals surface area contributed by atoms with Crippen LogP contribution in [0, 0.1) is 0 Å². The standard InChI is InChI=1S/C6H12FNO/c1-5(6(2)9)8-4-3-7/h5,8H,3-4H2,1-2H3. The van der Waals surface area contributed by atoms with Crippen LogP contribution in [0.2, 0.25) is 0 Å². The van der Waals surface area contributed by atoms with Gasteiger partial charge in [-0.05, 0) is 13.8 Å². The smallest absolute Gasteiger partial charge is 0.146 e. The normalized spacial score (nSPS) is 13.2. The summed E-state index contributed by atoms with van der Waals surface area (Å²) in [6.45, 7) is 3.05. The van der Waals surface area contributed by atoms with E-state index in [-0.39, 0.29) is 18.4 Å². The van der Waals surface area contributed by atoms with Gasteiger partial charge in [0.15, 0.2) is 0 Å². The summed E-state index contributed by atoms with van der Waals surface area (Å²) in [6.07, 6.45) is 0. The van der Waals surface area contributed by atoms with Gasteiger partial charge in [0.25, 0.3) is 0 Å². The fourth-order valence-electron chi connectivity index (χ4n) is 0.415. The molecule has 0 aliphatic rings. The molecule has 0 aromatic rings. The molecule has 0 aliphatic carbocycles. The van der Waals surface area contributed by atoms with Crippen molar-refractivity contribution in [3.05, 3.63) is 0 Å². The van der Waals surface area contributed by atoms with E-state index in [1.165, 1.54) is 6.92 Å². The third kappa shape index (κ3) is 4.09. The number of Topliss-reactive ketones (excluding diaryl/α,β-unsaturated/α-hetero) is 1. The third-order valence-corrected chi connectivity index (χ3v) is 1.15. The molecule has 0 saturated carbocycles. The first kappa shape index (κ1) is 8.56. The van der Waals surface area contributed by atoms with Gasteiger partial charge in [0.2, 0.25) is 0 Å². The molecule has 0 spiro atoms. The fourth-order valence-corrected chi connectivity index (χ4v) is 0.415. The lowest BCUT2D eigenvalue weighted by molar-refractivity contribution is -0.118. The van der Waals surface area contributed by atoms with Gasteiger partial charge in [-0.1, -0.05) is 0 Å². The van der Waals surface area contributed by atoms with E-state index in [9.17, 15) is 9.18 Å². The number of rotatable bonds is 4. The van der Waals surface area contributed by atoms with E-state index in [2.05, 4.69) is 5.32 Å². The third-order valence-electron chi connectivity index (χ3n) is 1.15. The molecule has 0 bridgehead atoms. The Labute approximate surface area is 54.4 Å². The van der Waals surface area contributed by atoms with E-state index in [0.717, 1.165) is 0 Å². The summed E-state index contributed by atoms with van der Waals surface area (Å²) in [7, 11) is 0. The topological polar surface area (TPSA) is 29.1 Å². The molecule has 0 aromatic heterocycles. The van der Waals surface area contributed by atoms with Crippen LogP contribution in [0.3, 0.4) is 0 Å². The summed E-state index contributed by atoms with van der Waals surface area (Å²) in [5.41, 5.74) is 0.